The summed E-state index contributed by atoms with van der Waals surface area (Å²) in [6, 6.07) is 0. The summed E-state index contributed by atoms with van der Waals surface area (Å²) in [7, 11) is -4.38. The van der Waals surface area contributed by atoms with Crippen molar-refractivity contribution >= 4 is 7.82 Å². The lowest BCUT2D eigenvalue weighted by Crippen LogP contribution is -2.23. The molecule has 0 amide bonds. The fourth-order valence-electron chi connectivity index (χ4n) is 3.29. The van der Waals surface area contributed by atoms with E-state index in [1.54, 1.807) is 0 Å². The molecule has 0 aromatic carbocycles. The highest BCUT2D eigenvalue weighted by atomic mass is 31.2. The Morgan fingerprint density at radius 1 is 0.656 bits per heavy atom. The van der Waals surface area contributed by atoms with Crippen molar-refractivity contribution < 1.29 is 38.6 Å². The van der Waals surface area contributed by atoms with Gasteiger partial charge in [-0.1, -0.05) is 96.8 Å². The maximum Gasteiger partial charge on any atom is 0.472 e. The first-order valence-corrected chi connectivity index (χ1v) is 14.1. The maximum absolute atomic E-state index is 11.5. The van der Waals surface area contributed by atoms with Gasteiger partial charge in [0.2, 0.25) is 0 Å². The maximum atomic E-state index is 11.5. The van der Waals surface area contributed by atoms with E-state index < -0.39 is 39.9 Å². The normalized spacial score (nSPS) is 15.5. The van der Waals surface area contributed by atoms with Gasteiger partial charge in [0.25, 0.3) is 0 Å². The van der Waals surface area contributed by atoms with E-state index in [2.05, 4.69) is 16.0 Å². The highest BCUT2D eigenvalue weighted by molar-refractivity contribution is 7.47. The fraction of sp³-hybridized carbons (Fsp3) is 1.00. The predicted octanol–water partition coefficient (Wildman–Crippen LogP) is 4.72. The second-order valence-electron chi connectivity index (χ2n) is 8.57. The molecule has 32 heavy (non-hydrogen) atoms. The van der Waals surface area contributed by atoms with Crippen LogP contribution in [-0.4, -0.2) is 65.5 Å². The summed E-state index contributed by atoms with van der Waals surface area (Å²) < 4.78 is 26.0. The molecule has 3 unspecified atom stereocenters. The minimum atomic E-state index is -4.38. The molecule has 0 spiro atoms. The summed E-state index contributed by atoms with van der Waals surface area (Å²) in [5, 5.41) is 27.4. The van der Waals surface area contributed by atoms with E-state index in [1.165, 1.54) is 83.5 Å². The lowest BCUT2D eigenvalue weighted by molar-refractivity contribution is -0.00437. The minimum Gasteiger partial charge on any atom is -0.394 e. The molecule has 0 aromatic rings. The van der Waals surface area contributed by atoms with Crippen molar-refractivity contribution in [1.82, 2.24) is 0 Å². The number of hydrogen-bond acceptors (Lipinski definition) is 7. The van der Waals surface area contributed by atoms with Gasteiger partial charge in [0.1, 0.15) is 12.2 Å². The molecule has 0 rings (SSSR count). The number of rotatable bonds is 25. The fourth-order valence-corrected chi connectivity index (χ4v) is 4.09. The molecule has 3 atom stereocenters. The molecule has 0 saturated carbocycles. The van der Waals surface area contributed by atoms with E-state index in [-0.39, 0.29) is 6.61 Å². The van der Waals surface area contributed by atoms with Crippen LogP contribution >= 0.6 is 7.82 Å². The highest BCUT2D eigenvalue weighted by Crippen LogP contribution is 2.43. The summed E-state index contributed by atoms with van der Waals surface area (Å²) in [5.41, 5.74) is 0. The SMILES string of the molecule is CCCCCCCCCCCCCCCCCOCC(O)COP(=O)(O)OCC(O)CO. The zero-order valence-corrected chi connectivity index (χ0v) is 21.1. The molecule has 0 radical (unpaired) electrons. The van der Waals surface area contributed by atoms with Gasteiger partial charge in [0.15, 0.2) is 0 Å². The van der Waals surface area contributed by atoms with Crippen molar-refractivity contribution in [3.63, 3.8) is 0 Å². The Morgan fingerprint density at radius 2 is 1.06 bits per heavy atom. The van der Waals surface area contributed by atoms with E-state index >= 15 is 0 Å². The highest BCUT2D eigenvalue weighted by Gasteiger charge is 2.24. The number of phosphoric ester groups is 1. The third-order valence-corrected chi connectivity index (χ3v) is 6.22. The Morgan fingerprint density at radius 3 is 1.50 bits per heavy atom. The molecule has 0 saturated heterocycles. The zero-order chi connectivity index (χ0) is 23.9. The Hall–Kier alpha value is -0.0500. The smallest absolute Gasteiger partial charge is 0.394 e. The lowest BCUT2D eigenvalue weighted by Gasteiger charge is -2.16. The summed E-state index contributed by atoms with van der Waals surface area (Å²) in [6.45, 7) is 1.27. The molecule has 4 N–H and O–H groups in total. The van der Waals surface area contributed by atoms with Crippen LogP contribution in [0, 0.1) is 0 Å². The molecule has 194 valence electrons. The number of hydrogen-bond donors (Lipinski definition) is 4. The van der Waals surface area contributed by atoms with Gasteiger partial charge in [-0.2, -0.15) is 0 Å². The van der Waals surface area contributed by atoms with Gasteiger partial charge in [-0.25, -0.2) is 4.57 Å². The average molecular weight is 485 g/mol. The Bertz CT molecular complexity index is 438. The average Bonchev–Trinajstić information content (AvgIpc) is 2.78. The molecule has 0 aliphatic rings. The molecule has 0 fully saturated rings. The number of ether oxygens (including phenoxy) is 1. The van der Waals surface area contributed by atoms with Crippen molar-refractivity contribution in [2.75, 3.05) is 33.0 Å². The second kappa shape index (κ2) is 22.7. The molecular formula is C23H49O8P. The van der Waals surface area contributed by atoms with Crippen LogP contribution in [0.2, 0.25) is 0 Å². The molecular weight excluding hydrogens is 435 g/mol. The molecule has 0 heterocycles. The van der Waals surface area contributed by atoms with Crippen molar-refractivity contribution in [3.8, 4) is 0 Å². The summed E-state index contributed by atoms with van der Waals surface area (Å²) >= 11 is 0. The topological polar surface area (TPSA) is 126 Å². The number of aliphatic hydroxyl groups is 3. The van der Waals surface area contributed by atoms with E-state index in [0.29, 0.717) is 6.61 Å². The first-order valence-electron chi connectivity index (χ1n) is 12.6. The molecule has 0 aliphatic carbocycles. The largest absolute Gasteiger partial charge is 0.472 e. The summed E-state index contributed by atoms with van der Waals surface area (Å²) in [6.07, 6.45) is 17.2. The Labute approximate surface area is 195 Å². The van der Waals surface area contributed by atoms with Crippen LogP contribution in [-0.2, 0) is 18.3 Å². The van der Waals surface area contributed by atoms with Gasteiger partial charge in [-0.3, -0.25) is 9.05 Å². The monoisotopic (exact) mass is 484 g/mol. The quantitative estimate of drug-likeness (QED) is 0.108. The second-order valence-corrected chi connectivity index (χ2v) is 10.0. The number of phosphoric acid groups is 1. The van der Waals surface area contributed by atoms with Crippen molar-refractivity contribution in [2.24, 2.45) is 0 Å². The van der Waals surface area contributed by atoms with Crippen LogP contribution in [0.1, 0.15) is 103 Å². The van der Waals surface area contributed by atoms with Gasteiger partial charge in [0, 0.05) is 6.61 Å². The predicted molar refractivity (Wildman–Crippen MR) is 127 cm³/mol. The lowest BCUT2D eigenvalue weighted by atomic mass is 10.0. The van der Waals surface area contributed by atoms with Crippen molar-refractivity contribution in [3.05, 3.63) is 0 Å². The Kier molecular flexibility index (Phi) is 22.7. The molecule has 0 aromatic heterocycles. The van der Waals surface area contributed by atoms with Gasteiger partial charge in [0.05, 0.1) is 26.4 Å². The number of aliphatic hydroxyl groups excluding tert-OH is 3. The van der Waals surface area contributed by atoms with E-state index in [1.807, 2.05) is 0 Å². The third-order valence-electron chi connectivity index (χ3n) is 5.27. The molecule has 9 heteroatoms. The van der Waals surface area contributed by atoms with Crippen LogP contribution in [0.25, 0.3) is 0 Å². The minimum absolute atomic E-state index is 0.0118. The first-order chi connectivity index (χ1) is 15.4. The van der Waals surface area contributed by atoms with Gasteiger partial charge >= 0.3 is 7.82 Å². The van der Waals surface area contributed by atoms with Crippen LogP contribution in [0.5, 0.6) is 0 Å². The Balaban J connectivity index is 3.35. The van der Waals surface area contributed by atoms with Crippen LogP contribution in [0.3, 0.4) is 0 Å². The van der Waals surface area contributed by atoms with E-state index in [0.717, 1.165) is 12.8 Å². The molecule has 0 bridgehead atoms. The van der Waals surface area contributed by atoms with Crippen LogP contribution < -0.4 is 0 Å². The third kappa shape index (κ3) is 23.1. The van der Waals surface area contributed by atoms with E-state index in [9.17, 15) is 14.6 Å². The van der Waals surface area contributed by atoms with Crippen LogP contribution in [0.4, 0.5) is 0 Å². The van der Waals surface area contributed by atoms with E-state index in [4.69, 9.17) is 14.9 Å². The molecule has 0 aliphatic heterocycles. The number of unbranched alkanes of at least 4 members (excludes halogenated alkanes) is 14. The first kappa shape index (κ1) is 31.9. The van der Waals surface area contributed by atoms with Crippen molar-refractivity contribution in [2.45, 2.75) is 115 Å². The summed E-state index contributed by atoms with van der Waals surface area (Å²) in [5.74, 6) is 0. The van der Waals surface area contributed by atoms with Crippen LogP contribution in [0.15, 0.2) is 0 Å². The van der Waals surface area contributed by atoms with Gasteiger partial charge < -0.3 is 24.9 Å². The standard InChI is InChI=1S/C23H49O8P/c1-2-3-4-5-6-7-8-9-10-11-12-13-14-15-16-17-29-19-23(26)21-31-32(27,28)30-20-22(25)18-24/h22-26H,2-21H2,1H3,(H,27,28). The summed E-state index contributed by atoms with van der Waals surface area (Å²) in [4.78, 5) is 9.39. The van der Waals surface area contributed by atoms with Gasteiger partial charge in [-0.05, 0) is 6.42 Å². The van der Waals surface area contributed by atoms with Crippen molar-refractivity contribution in [1.29, 1.82) is 0 Å². The zero-order valence-electron chi connectivity index (χ0n) is 20.2. The molecule has 8 nitrogen and oxygen atoms in total. The van der Waals surface area contributed by atoms with Gasteiger partial charge in [-0.15, -0.1) is 0 Å².